The molecule has 0 fully saturated rings. The van der Waals surface area contributed by atoms with Crippen LogP contribution in [0.25, 0.3) is 0 Å². The molecule has 0 amide bonds. The summed E-state index contributed by atoms with van der Waals surface area (Å²) >= 11 is 0. The molecule has 0 N–H and O–H groups in total. The van der Waals surface area contributed by atoms with Gasteiger partial charge in [-0.15, -0.1) is 0 Å². The van der Waals surface area contributed by atoms with E-state index in [2.05, 4.69) is 109 Å². The van der Waals surface area contributed by atoms with Crippen LogP contribution in [-0.4, -0.2) is 0 Å². The first-order valence-electron chi connectivity index (χ1n) is 8.45. The number of benzene rings is 3. The summed E-state index contributed by atoms with van der Waals surface area (Å²) in [5.74, 6) is 0. The second-order valence-electron chi connectivity index (χ2n) is 6.17. The molecular weight excluding hydrogens is 307 g/mol. The quantitative estimate of drug-likeness (QED) is 0.616. The Morgan fingerprint density at radius 1 is 0.542 bits per heavy atom. The first kappa shape index (κ1) is 15.1. The van der Waals surface area contributed by atoms with Crippen LogP contribution in [0.1, 0.15) is 6.42 Å². The van der Waals surface area contributed by atoms with Gasteiger partial charge in [-0.2, -0.15) is 0 Å². The zero-order valence-electron chi connectivity index (χ0n) is 13.6. The molecule has 0 atom stereocenters. The SMILES string of the molecule is C1=CCC([PH](c2ccccc2)(c2ccccc2)c2ccccc2)=C1. The molecule has 0 nitrogen and oxygen atoms in total. The van der Waals surface area contributed by atoms with Crippen LogP contribution >= 0.6 is 7.26 Å². The summed E-state index contributed by atoms with van der Waals surface area (Å²) in [6, 6.07) is 33.2. The van der Waals surface area contributed by atoms with Crippen molar-refractivity contribution >= 4 is 23.2 Å². The number of allylic oxidation sites excluding steroid dienone is 4. The molecule has 0 bridgehead atoms. The Morgan fingerprint density at radius 2 is 0.958 bits per heavy atom. The van der Waals surface area contributed by atoms with Crippen LogP contribution in [0, 0.1) is 0 Å². The van der Waals surface area contributed by atoms with Gasteiger partial charge in [0.15, 0.2) is 0 Å². The molecule has 0 aliphatic heterocycles. The predicted octanol–water partition coefficient (Wildman–Crippen LogP) is 4.56. The van der Waals surface area contributed by atoms with Crippen LogP contribution in [0.5, 0.6) is 0 Å². The fraction of sp³-hybridized carbons (Fsp3) is 0.0435. The molecule has 1 aliphatic carbocycles. The van der Waals surface area contributed by atoms with Gasteiger partial charge in [-0.3, -0.25) is 0 Å². The van der Waals surface area contributed by atoms with Gasteiger partial charge in [-0.05, 0) is 0 Å². The molecule has 3 aromatic carbocycles. The van der Waals surface area contributed by atoms with Gasteiger partial charge >= 0.3 is 144 Å². The molecule has 0 radical (unpaired) electrons. The standard InChI is InChI=1S/C23H21P/c1-4-12-20(13-5-1)24(23-18-10-11-19-23,21-14-6-2-7-15-21)22-16-8-3-9-17-22/h1-18,24H,19H2. The van der Waals surface area contributed by atoms with Crippen molar-refractivity contribution in [1.82, 2.24) is 0 Å². The number of hydrogen-bond acceptors (Lipinski definition) is 0. The summed E-state index contributed by atoms with van der Waals surface area (Å²) in [5, 5.41) is 5.93. The van der Waals surface area contributed by atoms with Gasteiger partial charge in [0.2, 0.25) is 0 Å². The normalized spacial score (nSPS) is 14.4. The maximum atomic E-state index is 2.35. The van der Waals surface area contributed by atoms with Gasteiger partial charge in [0.1, 0.15) is 0 Å². The molecule has 4 rings (SSSR count). The first-order valence-corrected chi connectivity index (χ1v) is 10.4. The minimum absolute atomic E-state index is 1.05. The van der Waals surface area contributed by atoms with Gasteiger partial charge in [0.05, 0.1) is 0 Å². The van der Waals surface area contributed by atoms with Crippen molar-refractivity contribution in [2.45, 2.75) is 6.42 Å². The fourth-order valence-electron chi connectivity index (χ4n) is 3.85. The van der Waals surface area contributed by atoms with Crippen LogP contribution in [0.3, 0.4) is 0 Å². The Labute approximate surface area is 144 Å². The summed E-state index contributed by atoms with van der Waals surface area (Å²) in [6.45, 7) is 0. The van der Waals surface area contributed by atoms with E-state index < -0.39 is 7.26 Å². The van der Waals surface area contributed by atoms with Crippen molar-refractivity contribution in [3.63, 3.8) is 0 Å². The Morgan fingerprint density at radius 3 is 1.29 bits per heavy atom. The number of rotatable bonds is 4. The van der Waals surface area contributed by atoms with Crippen LogP contribution in [0.2, 0.25) is 0 Å². The first-order chi connectivity index (χ1) is 11.9. The zero-order valence-corrected chi connectivity index (χ0v) is 14.6. The molecule has 0 unspecified atom stereocenters. The zero-order chi connectivity index (χ0) is 16.2. The molecule has 118 valence electrons. The van der Waals surface area contributed by atoms with E-state index in [9.17, 15) is 0 Å². The third-order valence-electron chi connectivity index (χ3n) is 4.87. The predicted molar refractivity (Wildman–Crippen MR) is 108 cm³/mol. The monoisotopic (exact) mass is 328 g/mol. The van der Waals surface area contributed by atoms with Crippen LogP contribution < -0.4 is 15.9 Å². The van der Waals surface area contributed by atoms with Gasteiger partial charge < -0.3 is 0 Å². The van der Waals surface area contributed by atoms with E-state index in [4.69, 9.17) is 0 Å². The van der Waals surface area contributed by atoms with Crippen molar-refractivity contribution < 1.29 is 0 Å². The Bertz CT molecular complexity index is 765. The molecular formula is C23H21P. The van der Waals surface area contributed by atoms with E-state index in [-0.39, 0.29) is 0 Å². The van der Waals surface area contributed by atoms with E-state index in [0.717, 1.165) is 6.42 Å². The van der Waals surface area contributed by atoms with E-state index in [1.807, 2.05) is 0 Å². The van der Waals surface area contributed by atoms with Crippen molar-refractivity contribution in [1.29, 1.82) is 0 Å². The van der Waals surface area contributed by atoms with Crippen LogP contribution in [-0.2, 0) is 0 Å². The van der Waals surface area contributed by atoms with Crippen LogP contribution in [0.15, 0.2) is 115 Å². The summed E-state index contributed by atoms with van der Waals surface area (Å²) in [4.78, 5) is 0. The van der Waals surface area contributed by atoms with E-state index >= 15 is 0 Å². The Hall–Kier alpha value is -2.43. The molecule has 1 heteroatoms. The van der Waals surface area contributed by atoms with Crippen molar-refractivity contribution in [3.05, 3.63) is 115 Å². The second kappa shape index (κ2) is 6.59. The minimum atomic E-state index is -2.19. The average molecular weight is 328 g/mol. The molecule has 3 aromatic rings. The molecule has 0 saturated carbocycles. The van der Waals surface area contributed by atoms with E-state index in [0.29, 0.717) is 0 Å². The molecule has 0 saturated heterocycles. The Balaban J connectivity index is 2.07. The van der Waals surface area contributed by atoms with Crippen molar-refractivity contribution in [2.24, 2.45) is 0 Å². The third-order valence-corrected chi connectivity index (χ3v) is 9.81. The summed E-state index contributed by atoms with van der Waals surface area (Å²) in [7, 11) is -2.19. The topological polar surface area (TPSA) is 0 Å². The third kappa shape index (κ3) is 2.44. The second-order valence-corrected chi connectivity index (χ2v) is 10.0. The van der Waals surface area contributed by atoms with Gasteiger partial charge in [0.25, 0.3) is 0 Å². The summed E-state index contributed by atoms with van der Waals surface area (Å²) in [5.41, 5.74) is 0. The van der Waals surface area contributed by atoms with E-state index in [1.165, 1.54) is 15.9 Å². The Kier molecular flexibility index (Phi) is 4.15. The van der Waals surface area contributed by atoms with Crippen molar-refractivity contribution in [2.75, 3.05) is 0 Å². The van der Waals surface area contributed by atoms with Gasteiger partial charge in [-0.1, -0.05) is 0 Å². The van der Waals surface area contributed by atoms with Gasteiger partial charge in [0, 0.05) is 0 Å². The van der Waals surface area contributed by atoms with Crippen LogP contribution in [0.4, 0.5) is 0 Å². The summed E-state index contributed by atoms with van der Waals surface area (Å²) < 4.78 is 0. The van der Waals surface area contributed by atoms with Gasteiger partial charge in [-0.25, -0.2) is 0 Å². The molecule has 24 heavy (non-hydrogen) atoms. The number of hydrogen-bond donors (Lipinski definition) is 0. The molecule has 0 spiro atoms. The molecule has 0 heterocycles. The maximum absolute atomic E-state index is 2.35. The fourth-order valence-corrected chi connectivity index (χ4v) is 8.81. The summed E-state index contributed by atoms with van der Waals surface area (Å²) in [6.07, 6.45) is 7.89. The molecule has 0 aromatic heterocycles. The van der Waals surface area contributed by atoms with E-state index in [1.54, 1.807) is 5.31 Å². The average Bonchev–Trinajstić information content (AvgIpc) is 3.20. The molecule has 1 aliphatic rings. The van der Waals surface area contributed by atoms with Crippen molar-refractivity contribution in [3.8, 4) is 0 Å².